The Hall–Kier alpha value is -3.45. The highest BCUT2D eigenvalue weighted by Crippen LogP contribution is 2.30. The van der Waals surface area contributed by atoms with Crippen LogP contribution in [0.25, 0.3) is 17.0 Å². The summed E-state index contributed by atoms with van der Waals surface area (Å²) < 4.78 is 2.06. The normalized spacial score (nSPS) is 15.4. The number of carbonyl (C=O) groups is 2. The van der Waals surface area contributed by atoms with Gasteiger partial charge < -0.3 is 4.57 Å². The number of amides is 2. The van der Waals surface area contributed by atoms with Crippen molar-refractivity contribution in [3.63, 3.8) is 0 Å². The minimum absolute atomic E-state index is 0.0455. The first-order valence-corrected chi connectivity index (χ1v) is 12.4. The average Bonchev–Trinajstić information content (AvgIpc) is 3.21. The first-order chi connectivity index (χ1) is 17.2. The first kappa shape index (κ1) is 24.3. The fourth-order valence-corrected chi connectivity index (χ4v) is 4.86. The Morgan fingerprint density at radius 3 is 2.36 bits per heavy atom. The van der Waals surface area contributed by atoms with Crippen molar-refractivity contribution >= 4 is 75.0 Å². The Morgan fingerprint density at radius 2 is 1.64 bits per heavy atom. The maximum absolute atomic E-state index is 13.6. The molecular weight excluding hydrogens is 513 g/mol. The summed E-state index contributed by atoms with van der Waals surface area (Å²) in [5, 5.41) is 2.05. The largest absolute Gasteiger partial charge is 0.342 e. The van der Waals surface area contributed by atoms with Crippen molar-refractivity contribution in [1.82, 2.24) is 9.47 Å². The van der Waals surface area contributed by atoms with Crippen LogP contribution in [-0.2, 0) is 16.1 Å². The van der Waals surface area contributed by atoms with E-state index in [9.17, 15) is 9.59 Å². The summed E-state index contributed by atoms with van der Waals surface area (Å²) >= 11 is 17.8. The molecule has 0 saturated carbocycles. The Balaban J connectivity index is 1.58. The second-order valence-electron chi connectivity index (χ2n) is 8.66. The smallest absolute Gasteiger partial charge is 0.270 e. The lowest BCUT2D eigenvalue weighted by molar-refractivity contribution is -0.127. The molecule has 1 saturated heterocycles. The average molecular weight is 534 g/mol. The number of benzene rings is 3. The van der Waals surface area contributed by atoms with E-state index in [-0.39, 0.29) is 10.7 Å². The molecule has 8 heteroatoms. The SMILES string of the molecule is Cc1ccc(N2C(=O)C(=Cc3cn(Cc4ccc(Cl)c(Cl)c4)c4ccccc34)C(=O)N(C)C2=S)cc1. The number of halogens is 2. The number of rotatable bonds is 4. The van der Waals surface area contributed by atoms with Crippen LogP contribution >= 0.6 is 35.4 Å². The van der Waals surface area contributed by atoms with Crippen molar-refractivity contribution in [3.05, 3.63) is 105 Å². The number of fused-ring (bicyclic) bond motifs is 1. The Labute approximate surface area is 224 Å². The van der Waals surface area contributed by atoms with Crippen LogP contribution < -0.4 is 4.90 Å². The van der Waals surface area contributed by atoms with E-state index in [1.165, 1.54) is 9.80 Å². The van der Waals surface area contributed by atoms with Crippen LogP contribution in [0.5, 0.6) is 0 Å². The summed E-state index contributed by atoms with van der Waals surface area (Å²) in [5.41, 5.74) is 4.42. The van der Waals surface area contributed by atoms with Gasteiger partial charge in [-0.25, -0.2) is 0 Å². The van der Waals surface area contributed by atoms with Crippen molar-refractivity contribution < 1.29 is 9.59 Å². The standard InChI is InChI=1S/C28H21Cl2N3O2S/c1-17-7-10-20(11-8-17)33-27(35)22(26(34)31(2)28(33)36)14-19-16-32(25-6-4-3-5-21(19)25)15-18-9-12-23(29)24(30)13-18/h3-14,16H,15H2,1-2H3. The van der Waals surface area contributed by atoms with Crippen LogP contribution in [0.3, 0.4) is 0 Å². The van der Waals surface area contributed by atoms with Gasteiger partial charge in [0.15, 0.2) is 5.11 Å². The van der Waals surface area contributed by atoms with E-state index in [0.717, 1.165) is 27.6 Å². The predicted octanol–water partition coefficient (Wildman–Crippen LogP) is 6.48. The second kappa shape index (κ2) is 9.54. The molecule has 3 aromatic carbocycles. The van der Waals surface area contributed by atoms with Gasteiger partial charge in [-0.3, -0.25) is 19.4 Å². The molecule has 5 nitrogen and oxygen atoms in total. The summed E-state index contributed by atoms with van der Waals surface area (Å²) in [6.45, 7) is 2.51. The van der Waals surface area contributed by atoms with Gasteiger partial charge in [0.25, 0.3) is 11.8 Å². The molecule has 0 bridgehead atoms. The zero-order valence-corrected chi connectivity index (χ0v) is 21.9. The number of likely N-dealkylation sites (N-methyl/N-ethyl adjacent to an activating group) is 1. The molecule has 2 amide bonds. The zero-order chi connectivity index (χ0) is 25.6. The number of hydrogen-bond donors (Lipinski definition) is 0. The molecule has 1 aliphatic rings. The first-order valence-electron chi connectivity index (χ1n) is 11.2. The van der Waals surface area contributed by atoms with Crippen molar-refractivity contribution in [1.29, 1.82) is 0 Å². The Bertz CT molecular complexity index is 1570. The molecule has 1 fully saturated rings. The molecule has 0 unspecified atom stereocenters. The lowest BCUT2D eigenvalue weighted by atomic mass is 10.1. The molecule has 36 heavy (non-hydrogen) atoms. The Kier molecular flexibility index (Phi) is 6.43. The number of aromatic nitrogens is 1. The van der Waals surface area contributed by atoms with Crippen LogP contribution in [0.15, 0.2) is 78.5 Å². The molecule has 0 N–H and O–H groups in total. The quantitative estimate of drug-likeness (QED) is 0.171. The lowest BCUT2D eigenvalue weighted by Gasteiger charge is -2.34. The molecule has 0 aliphatic carbocycles. The van der Waals surface area contributed by atoms with E-state index in [1.54, 1.807) is 19.2 Å². The van der Waals surface area contributed by atoms with Crippen molar-refractivity contribution in [2.45, 2.75) is 13.5 Å². The zero-order valence-electron chi connectivity index (χ0n) is 19.5. The van der Waals surface area contributed by atoms with E-state index < -0.39 is 11.8 Å². The molecule has 5 rings (SSSR count). The third kappa shape index (κ3) is 4.32. The van der Waals surface area contributed by atoms with Gasteiger partial charge in [-0.2, -0.15) is 0 Å². The van der Waals surface area contributed by atoms with Crippen molar-refractivity contribution in [3.8, 4) is 0 Å². The Morgan fingerprint density at radius 1 is 0.917 bits per heavy atom. The predicted molar refractivity (Wildman–Crippen MR) is 150 cm³/mol. The summed E-state index contributed by atoms with van der Waals surface area (Å²) in [6, 6.07) is 20.8. The van der Waals surface area contributed by atoms with E-state index in [4.69, 9.17) is 35.4 Å². The number of hydrogen-bond acceptors (Lipinski definition) is 3. The third-order valence-corrected chi connectivity index (χ3v) is 7.39. The summed E-state index contributed by atoms with van der Waals surface area (Å²) in [5.74, 6) is -0.886. The number of aryl methyl sites for hydroxylation is 1. The van der Waals surface area contributed by atoms with Gasteiger partial charge in [0.2, 0.25) is 0 Å². The minimum Gasteiger partial charge on any atom is -0.342 e. The fraction of sp³-hybridized carbons (Fsp3) is 0.107. The van der Waals surface area contributed by atoms with Crippen molar-refractivity contribution in [2.24, 2.45) is 0 Å². The van der Waals surface area contributed by atoms with E-state index in [2.05, 4.69) is 4.57 Å². The molecule has 0 atom stereocenters. The highest BCUT2D eigenvalue weighted by Gasteiger charge is 2.38. The summed E-state index contributed by atoms with van der Waals surface area (Å²) in [6.07, 6.45) is 3.59. The number of anilines is 1. The molecule has 0 spiro atoms. The van der Waals surface area contributed by atoms with Gasteiger partial charge in [0.05, 0.1) is 15.7 Å². The van der Waals surface area contributed by atoms with Gasteiger partial charge in [-0.1, -0.05) is 65.2 Å². The summed E-state index contributed by atoms with van der Waals surface area (Å²) in [7, 11) is 1.58. The van der Waals surface area contributed by atoms with Crippen LogP contribution in [0.1, 0.15) is 16.7 Å². The molecule has 2 heterocycles. The monoisotopic (exact) mass is 533 g/mol. The van der Waals surface area contributed by atoms with Gasteiger partial charge in [0.1, 0.15) is 5.57 Å². The maximum atomic E-state index is 13.6. The van der Waals surface area contributed by atoms with Crippen LogP contribution in [-0.4, -0.2) is 33.4 Å². The lowest BCUT2D eigenvalue weighted by Crippen LogP contribution is -2.54. The topological polar surface area (TPSA) is 45.6 Å². The van der Waals surface area contributed by atoms with Gasteiger partial charge in [-0.05, 0) is 61.1 Å². The molecule has 0 radical (unpaired) electrons. The van der Waals surface area contributed by atoms with Gasteiger partial charge >= 0.3 is 0 Å². The highest BCUT2D eigenvalue weighted by atomic mass is 35.5. The van der Waals surface area contributed by atoms with Crippen LogP contribution in [0, 0.1) is 6.92 Å². The maximum Gasteiger partial charge on any atom is 0.270 e. The molecule has 4 aromatic rings. The third-order valence-electron chi connectivity index (χ3n) is 6.20. The van der Waals surface area contributed by atoms with Gasteiger partial charge in [-0.15, -0.1) is 0 Å². The number of carbonyl (C=O) groups excluding carboxylic acids is 2. The number of thiocarbonyl (C=S) groups is 1. The number of para-hydroxylation sites is 1. The van der Waals surface area contributed by atoms with Gasteiger partial charge in [0, 0.05) is 36.3 Å². The van der Waals surface area contributed by atoms with E-state index >= 15 is 0 Å². The molecule has 180 valence electrons. The fourth-order valence-electron chi connectivity index (χ4n) is 4.27. The molecular formula is C28H21Cl2N3O2S. The second-order valence-corrected chi connectivity index (χ2v) is 9.84. The minimum atomic E-state index is -0.451. The van der Waals surface area contributed by atoms with E-state index in [1.807, 2.05) is 73.8 Å². The number of nitrogens with zero attached hydrogens (tertiary/aromatic N) is 3. The van der Waals surface area contributed by atoms with Crippen molar-refractivity contribution in [2.75, 3.05) is 11.9 Å². The van der Waals surface area contributed by atoms with Crippen LogP contribution in [0.2, 0.25) is 10.0 Å². The van der Waals surface area contributed by atoms with Crippen LogP contribution in [0.4, 0.5) is 5.69 Å². The molecule has 1 aromatic heterocycles. The summed E-state index contributed by atoms with van der Waals surface area (Å²) in [4.78, 5) is 29.5. The highest BCUT2D eigenvalue weighted by molar-refractivity contribution is 7.80. The molecule has 1 aliphatic heterocycles. The van der Waals surface area contributed by atoms with E-state index in [0.29, 0.717) is 22.3 Å².